The Balaban J connectivity index is 2.29. The fourth-order valence-electron chi connectivity index (χ4n) is 2.92. The minimum atomic E-state index is -3.29. The maximum absolute atomic E-state index is 12.2. The summed E-state index contributed by atoms with van der Waals surface area (Å²) in [4.78, 5) is 0.247. The first-order chi connectivity index (χ1) is 9.45. The molecule has 0 spiro atoms. The van der Waals surface area contributed by atoms with Crippen LogP contribution in [0.2, 0.25) is 0 Å². The monoisotopic (exact) mass is 288 g/mol. The highest BCUT2D eigenvalue weighted by Crippen LogP contribution is 2.42. The molecule has 1 aliphatic rings. The SMILES string of the molecule is Cc1ccccc1C1(O)CCS(=O)(=O)c2ccccc21. The topological polar surface area (TPSA) is 54.4 Å². The summed E-state index contributed by atoms with van der Waals surface area (Å²) in [6.45, 7) is 1.93. The second-order valence-electron chi connectivity index (χ2n) is 5.24. The Labute approximate surface area is 118 Å². The normalized spacial score (nSPS) is 24.1. The molecule has 1 N–H and O–H groups in total. The van der Waals surface area contributed by atoms with E-state index in [-0.39, 0.29) is 17.1 Å². The fourth-order valence-corrected chi connectivity index (χ4v) is 4.56. The fraction of sp³-hybridized carbons (Fsp3) is 0.250. The first kappa shape index (κ1) is 13.3. The van der Waals surface area contributed by atoms with Gasteiger partial charge in [-0.15, -0.1) is 0 Å². The molecule has 0 aromatic heterocycles. The lowest BCUT2D eigenvalue weighted by molar-refractivity contribution is 0.0711. The highest BCUT2D eigenvalue weighted by molar-refractivity contribution is 7.91. The van der Waals surface area contributed by atoms with Crippen molar-refractivity contribution >= 4 is 9.84 Å². The summed E-state index contributed by atoms with van der Waals surface area (Å²) in [5, 5.41) is 11.1. The molecule has 0 bridgehead atoms. The van der Waals surface area contributed by atoms with Crippen molar-refractivity contribution in [3.05, 3.63) is 65.2 Å². The van der Waals surface area contributed by atoms with Crippen LogP contribution in [0, 0.1) is 6.92 Å². The molecule has 0 radical (unpaired) electrons. The number of fused-ring (bicyclic) bond motifs is 1. The Morgan fingerprint density at radius 3 is 2.30 bits per heavy atom. The number of hydrogen-bond acceptors (Lipinski definition) is 3. The predicted octanol–water partition coefficient (Wildman–Crippen LogP) is 2.41. The third-order valence-corrected chi connectivity index (χ3v) is 5.76. The van der Waals surface area contributed by atoms with Crippen LogP contribution >= 0.6 is 0 Å². The van der Waals surface area contributed by atoms with Gasteiger partial charge in [0.05, 0.1) is 10.6 Å². The van der Waals surface area contributed by atoms with Crippen LogP contribution in [-0.2, 0) is 15.4 Å². The number of hydrogen-bond donors (Lipinski definition) is 1. The van der Waals surface area contributed by atoms with Crippen LogP contribution in [0.25, 0.3) is 0 Å². The maximum Gasteiger partial charge on any atom is 0.178 e. The first-order valence-corrected chi connectivity index (χ1v) is 8.21. The van der Waals surface area contributed by atoms with Crippen LogP contribution in [0.4, 0.5) is 0 Å². The van der Waals surface area contributed by atoms with Gasteiger partial charge in [-0.1, -0.05) is 42.5 Å². The maximum atomic E-state index is 12.2. The summed E-state index contributed by atoms with van der Waals surface area (Å²) in [6.07, 6.45) is 0.192. The molecular weight excluding hydrogens is 272 g/mol. The van der Waals surface area contributed by atoms with Crippen LogP contribution in [0.3, 0.4) is 0 Å². The van der Waals surface area contributed by atoms with Gasteiger partial charge in [0.15, 0.2) is 9.84 Å². The minimum Gasteiger partial charge on any atom is -0.380 e. The average Bonchev–Trinajstić information content (AvgIpc) is 2.44. The Bertz CT molecular complexity index is 765. The van der Waals surface area contributed by atoms with Crippen molar-refractivity contribution in [3.63, 3.8) is 0 Å². The summed E-state index contributed by atoms with van der Waals surface area (Å²) in [6, 6.07) is 14.3. The van der Waals surface area contributed by atoms with E-state index in [1.807, 2.05) is 31.2 Å². The molecule has 104 valence electrons. The van der Waals surface area contributed by atoms with E-state index >= 15 is 0 Å². The summed E-state index contributed by atoms with van der Waals surface area (Å²) in [5.74, 6) is -0.0329. The van der Waals surface area contributed by atoms with E-state index in [9.17, 15) is 13.5 Å². The second-order valence-corrected chi connectivity index (χ2v) is 7.32. The van der Waals surface area contributed by atoms with Gasteiger partial charge >= 0.3 is 0 Å². The number of aryl methyl sites for hydroxylation is 1. The second kappa shape index (κ2) is 4.43. The Morgan fingerprint density at radius 2 is 1.60 bits per heavy atom. The molecule has 0 saturated carbocycles. The van der Waals surface area contributed by atoms with Crippen LogP contribution in [0.15, 0.2) is 53.4 Å². The molecule has 1 heterocycles. The average molecular weight is 288 g/mol. The van der Waals surface area contributed by atoms with Gasteiger partial charge in [0, 0.05) is 5.56 Å². The van der Waals surface area contributed by atoms with Crippen molar-refractivity contribution in [2.45, 2.75) is 23.8 Å². The van der Waals surface area contributed by atoms with Crippen molar-refractivity contribution in [1.82, 2.24) is 0 Å². The van der Waals surface area contributed by atoms with Gasteiger partial charge in [0.1, 0.15) is 5.60 Å². The molecular formula is C16H16O3S. The van der Waals surface area contributed by atoms with Crippen molar-refractivity contribution in [2.24, 2.45) is 0 Å². The Hall–Kier alpha value is -1.65. The van der Waals surface area contributed by atoms with Gasteiger partial charge in [-0.3, -0.25) is 0 Å². The molecule has 2 aromatic rings. The molecule has 1 unspecified atom stereocenters. The minimum absolute atomic E-state index is 0.0329. The summed E-state index contributed by atoms with van der Waals surface area (Å²) < 4.78 is 24.3. The molecule has 4 heteroatoms. The van der Waals surface area contributed by atoms with Gasteiger partial charge in [-0.25, -0.2) is 8.42 Å². The molecule has 0 saturated heterocycles. The highest BCUT2D eigenvalue weighted by Gasteiger charge is 2.42. The first-order valence-electron chi connectivity index (χ1n) is 6.56. The van der Waals surface area contributed by atoms with Gasteiger partial charge in [0.2, 0.25) is 0 Å². The summed E-state index contributed by atoms with van der Waals surface area (Å²) in [5.41, 5.74) is 1.000. The van der Waals surface area contributed by atoms with Gasteiger partial charge in [-0.05, 0) is 30.5 Å². The number of sulfone groups is 1. The molecule has 1 aliphatic heterocycles. The van der Waals surface area contributed by atoms with Gasteiger partial charge in [-0.2, -0.15) is 0 Å². The van der Waals surface area contributed by atoms with Gasteiger partial charge in [0.25, 0.3) is 0 Å². The summed E-state index contributed by atoms with van der Waals surface area (Å²) in [7, 11) is -3.29. The van der Waals surface area contributed by atoms with Crippen LogP contribution in [0.5, 0.6) is 0 Å². The van der Waals surface area contributed by atoms with Crippen molar-refractivity contribution < 1.29 is 13.5 Å². The van der Waals surface area contributed by atoms with Crippen LogP contribution < -0.4 is 0 Å². The van der Waals surface area contributed by atoms with Crippen molar-refractivity contribution in [1.29, 1.82) is 0 Å². The molecule has 3 nitrogen and oxygen atoms in total. The van der Waals surface area contributed by atoms with E-state index in [2.05, 4.69) is 0 Å². The molecule has 20 heavy (non-hydrogen) atoms. The van der Waals surface area contributed by atoms with Crippen LogP contribution in [-0.4, -0.2) is 19.3 Å². The zero-order valence-corrected chi connectivity index (χ0v) is 12.0. The lowest BCUT2D eigenvalue weighted by Crippen LogP contribution is -2.36. The molecule has 3 rings (SSSR count). The lowest BCUT2D eigenvalue weighted by atomic mass is 9.81. The largest absolute Gasteiger partial charge is 0.380 e. The number of rotatable bonds is 1. The predicted molar refractivity (Wildman–Crippen MR) is 77.3 cm³/mol. The van der Waals surface area contributed by atoms with E-state index in [1.54, 1.807) is 24.3 Å². The number of benzene rings is 2. The van der Waals surface area contributed by atoms with E-state index in [1.165, 1.54) is 0 Å². The standard InChI is InChI=1S/C16H16O3S/c1-12-6-2-3-7-13(12)16(17)10-11-20(18,19)15-9-5-4-8-14(15)16/h2-9,17H,10-11H2,1H3. The lowest BCUT2D eigenvalue weighted by Gasteiger charge is -2.35. The molecule has 0 fully saturated rings. The third-order valence-electron chi connectivity index (χ3n) is 3.99. The summed E-state index contributed by atoms with van der Waals surface area (Å²) >= 11 is 0. The van der Waals surface area contributed by atoms with Crippen LogP contribution in [0.1, 0.15) is 23.1 Å². The molecule has 2 aromatic carbocycles. The van der Waals surface area contributed by atoms with Crippen molar-refractivity contribution in [3.8, 4) is 0 Å². The molecule has 1 atom stereocenters. The van der Waals surface area contributed by atoms with E-state index in [4.69, 9.17) is 0 Å². The Kier molecular flexibility index (Phi) is 2.96. The highest BCUT2D eigenvalue weighted by atomic mass is 32.2. The van der Waals surface area contributed by atoms with E-state index in [0.29, 0.717) is 5.56 Å². The van der Waals surface area contributed by atoms with E-state index in [0.717, 1.165) is 11.1 Å². The van der Waals surface area contributed by atoms with Crippen molar-refractivity contribution in [2.75, 3.05) is 5.75 Å². The number of aliphatic hydroxyl groups is 1. The van der Waals surface area contributed by atoms with E-state index < -0.39 is 15.4 Å². The molecule has 0 aliphatic carbocycles. The molecule has 0 amide bonds. The zero-order chi connectivity index (χ0) is 14.4. The third kappa shape index (κ3) is 1.87. The van der Waals surface area contributed by atoms with Gasteiger partial charge < -0.3 is 5.11 Å². The Morgan fingerprint density at radius 1 is 1.00 bits per heavy atom. The zero-order valence-electron chi connectivity index (χ0n) is 11.2. The smallest absolute Gasteiger partial charge is 0.178 e. The quantitative estimate of drug-likeness (QED) is 0.876.